The molecule has 3 rings (SSSR count). The van der Waals surface area contributed by atoms with Gasteiger partial charge in [-0.1, -0.05) is 12.8 Å². The van der Waals surface area contributed by atoms with Crippen molar-refractivity contribution in [3.63, 3.8) is 0 Å². The van der Waals surface area contributed by atoms with Crippen LogP contribution in [0, 0.1) is 11.8 Å². The number of nitrogen functional groups attached to an aromatic ring is 1. The molecule has 0 saturated carbocycles. The fraction of sp³-hybridized carbons (Fsp3) is 0.533. The maximum Gasteiger partial charge on any atom is 0.167 e. The molecule has 0 spiro atoms. The average molecular weight is 349 g/mol. The van der Waals surface area contributed by atoms with Gasteiger partial charge < -0.3 is 20.7 Å². The molecule has 0 bridgehead atoms. The first kappa shape index (κ1) is 17.0. The number of fused-ring (bicyclic) bond motifs is 1. The quantitative estimate of drug-likeness (QED) is 0.528. The third-order valence-electron chi connectivity index (χ3n) is 3.76. The van der Waals surface area contributed by atoms with Crippen LogP contribution in [0.25, 0.3) is 11.2 Å². The Bertz CT molecular complexity index is 771. The topological polar surface area (TPSA) is 119 Å². The van der Waals surface area contributed by atoms with Crippen molar-refractivity contribution < 1.29 is 14.9 Å². The lowest BCUT2D eigenvalue weighted by Crippen LogP contribution is -2.32. The smallest absolute Gasteiger partial charge is 0.167 e. The highest BCUT2D eigenvalue weighted by molar-refractivity contribution is 7.99. The average Bonchev–Trinajstić information content (AvgIpc) is 3.12. The highest BCUT2D eigenvalue weighted by Gasteiger charge is 2.44. The van der Waals surface area contributed by atoms with Crippen molar-refractivity contribution in [1.29, 1.82) is 0 Å². The van der Waals surface area contributed by atoms with E-state index in [1.54, 1.807) is 16.3 Å². The number of nitrogens with zero attached hydrogens (tertiary/aromatic N) is 4. The number of hydrogen-bond donors (Lipinski definition) is 3. The Labute approximate surface area is 143 Å². The van der Waals surface area contributed by atoms with Crippen molar-refractivity contribution in [2.75, 3.05) is 17.2 Å². The number of rotatable bonds is 4. The molecule has 4 N–H and O–H groups in total. The lowest BCUT2D eigenvalue weighted by atomic mass is 10.1. The van der Waals surface area contributed by atoms with Gasteiger partial charge in [0, 0.05) is 12.2 Å². The van der Waals surface area contributed by atoms with E-state index in [1.807, 2.05) is 6.92 Å². The van der Waals surface area contributed by atoms with Crippen LogP contribution in [0.15, 0.2) is 12.7 Å². The van der Waals surface area contributed by atoms with Crippen molar-refractivity contribution >= 4 is 28.7 Å². The number of aromatic nitrogens is 4. The van der Waals surface area contributed by atoms with Gasteiger partial charge in [-0.3, -0.25) is 4.57 Å². The lowest BCUT2D eigenvalue weighted by molar-refractivity contribution is -0.0288. The van der Waals surface area contributed by atoms with Gasteiger partial charge in [0.1, 0.15) is 24.1 Å². The van der Waals surface area contributed by atoms with Gasteiger partial charge in [0.2, 0.25) is 0 Å². The SMILES string of the molecule is CCC#CCSC[C@H]1O[C@@H](n2cnc3c(N)ncnc32)[C@H](O)[C@@H]1O. The van der Waals surface area contributed by atoms with Crippen molar-refractivity contribution in [1.82, 2.24) is 19.5 Å². The summed E-state index contributed by atoms with van der Waals surface area (Å²) in [5.41, 5.74) is 6.67. The molecule has 1 saturated heterocycles. The minimum Gasteiger partial charge on any atom is -0.387 e. The highest BCUT2D eigenvalue weighted by atomic mass is 32.2. The summed E-state index contributed by atoms with van der Waals surface area (Å²) < 4.78 is 7.41. The molecule has 0 unspecified atom stereocenters. The molecule has 0 radical (unpaired) electrons. The molecule has 3 heterocycles. The second kappa shape index (κ2) is 7.36. The fourth-order valence-corrected chi connectivity index (χ4v) is 3.39. The number of ether oxygens (including phenoxy) is 1. The summed E-state index contributed by atoms with van der Waals surface area (Å²) in [7, 11) is 0. The molecule has 2 aromatic rings. The number of aliphatic hydroxyl groups is 2. The molecule has 2 aromatic heterocycles. The Morgan fingerprint density at radius 1 is 1.29 bits per heavy atom. The summed E-state index contributed by atoms with van der Waals surface area (Å²) in [5.74, 6) is 7.47. The first-order valence-corrected chi connectivity index (χ1v) is 8.77. The van der Waals surface area contributed by atoms with Gasteiger partial charge in [-0.15, -0.1) is 17.7 Å². The van der Waals surface area contributed by atoms with Crippen LogP contribution in [0.2, 0.25) is 0 Å². The normalized spacial score (nSPS) is 26.5. The summed E-state index contributed by atoms with van der Waals surface area (Å²) >= 11 is 1.56. The largest absolute Gasteiger partial charge is 0.387 e. The van der Waals surface area contributed by atoms with Crippen LogP contribution in [0.5, 0.6) is 0 Å². The van der Waals surface area contributed by atoms with Crippen molar-refractivity contribution in [3.8, 4) is 11.8 Å². The predicted octanol–water partition coefficient (Wildman–Crippen LogP) is 0.174. The molecule has 9 heteroatoms. The van der Waals surface area contributed by atoms with Gasteiger partial charge in [-0.25, -0.2) is 15.0 Å². The molecular formula is C15H19N5O3S. The number of nitrogens with two attached hydrogens (primary N) is 1. The first-order chi connectivity index (χ1) is 11.6. The van der Waals surface area contributed by atoms with Gasteiger partial charge in [-0.05, 0) is 0 Å². The van der Waals surface area contributed by atoms with E-state index in [2.05, 4.69) is 26.8 Å². The molecule has 0 aromatic carbocycles. The van der Waals surface area contributed by atoms with Crippen LogP contribution in [-0.2, 0) is 4.74 Å². The summed E-state index contributed by atoms with van der Waals surface area (Å²) in [6.07, 6.45) is 0.306. The summed E-state index contributed by atoms with van der Waals surface area (Å²) in [4.78, 5) is 12.2. The van der Waals surface area contributed by atoms with Crippen LogP contribution < -0.4 is 5.73 Å². The van der Waals surface area contributed by atoms with Crippen LogP contribution in [0.4, 0.5) is 5.82 Å². The molecule has 8 nitrogen and oxygen atoms in total. The van der Waals surface area contributed by atoms with E-state index in [-0.39, 0.29) is 5.82 Å². The minimum atomic E-state index is -1.08. The molecule has 128 valence electrons. The number of thioether (sulfide) groups is 1. The van der Waals surface area contributed by atoms with Crippen LogP contribution in [0.3, 0.4) is 0 Å². The van der Waals surface area contributed by atoms with E-state index in [0.29, 0.717) is 22.7 Å². The van der Waals surface area contributed by atoms with Crippen molar-refractivity contribution in [2.24, 2.45) is 0 Å². The standard InChI is InChI=1S/C15H19N5O3S/c1-2-3-4-5-24-6-9-11(21)12(22)15(23-9)20-8-19-10-13(16)17-7-18-14(10)20/h7-9,11-12,15,21-22H,2,5-6H2,1H3,(H2,16,17,18)/t9-,11-,12-,15-/m1/s1. The summed E-state index contributed by atoms with van der Waals surface area (Å²) in [6.45, 7) is 1.99. The van der Waals surface area contributed by atoms with Gasteiger partial charge in [0.15, 0.2) is 17.7 Å². The maximum absolute atomic E-state index is 10.3. The maximum atomic E-state index is 10.3. The lowest BCUT2D eigenvalue weighted by Gasteiger charge is -2.16. The zero-order valence-corrected chi connectivity index (χ0v) is 14.0. The third-order valence-corrected chi connectivity index (χ3v) is 4.67. The fourth-order valence-electron chi connectivity index (χ4n) is 2.56. The first-order valence-electron chi connectivity index (χ1n) is 7.61. The van der Waals surface area contributed by atoms with Gasteiger partial charge in [-0.2, -0.15) is 0 Å². The van der Waals surface area contributed by atoms with Crippen molar-refractivity contribution in [3.05, 3.63) is 12.7 Å². The molecule has 1 aliphatic heterocycles. The molecule has 24 heavy (non-hydrogen) atoms. The predicted molar refractivity (Wildman–Crippen MR) is 91.1 cm³/mol. The number of hydrogen-bond acceptors (Lipinski definition) is 8. The van der Waals surface area contributed by atoms with Crippen LogP contribution in [0.1, 0.15) is 19.6 Å². The second-order valence-electron chi connectivity index (χ2n) is 5.35. The van der Waals surface area contributed by atoms with Gasteiger partial charge >= 0.3 is 0 Å². The van der Waals surface area contributed by atoms with Gasteiger partial charge in [0.05, 0.1) is 18.2 Å². The van der Waals surface area contributed by atoms with Crippen molar-refractivity contribution in [2.45, 2.75) is 37.9 Å². The Morgan fingerprint density at radius 3 is 2.92 bits per heavy atom. The van der Waals surface area contributed by atoms with E-state index in [1.165, 1.54) is 12.7 Å². The molecule has 1 fully saturated rings. The monoisotopic (exact) mass is 349 g/mol. The Balaban J connectivity index is 1.73. The highest BCUT2D eigenvalue weighted by Crippen LogP contribution is 2.33. The molecule has 0 amide bonds. The minimum absolute atomic E-state index is 0.258. The molecule has 1 aliphatic rings. The zero-order valence-electron chi connectivity index (χ0n) is 13.2. The third kappa shape index (κ3) is 3.18. The summed E-state index contributed by atoms with van der Waals surface area (Å²) in [5, 5.41) is 20.6. The van der Waals surface area contributed by atoms with E-state index in [4.69, 9.17) is 10.5 Å². The van der Waals surface area contributed by atoms with E-state index in [0.717, 1.165) is 6.42 Å². The Morgan fingerprint density at radius 2 is 2.12 bits per heavy atom. The van der Waals surface area contributed by atoms with Crippen LogP contribution >= 0.6 is 11.8 Å². The summed E-state index contributed by atoms with van der Waals surface area (Å²) in [6, 6.07) is 0. The van der Waals surface area contributed by atoms with E-state index >= 15 is 0 Å². The Hall–Kier alpha value is -1.86. The second-order valence-corrected chi connectivity index (χ2v) is 6.38. The zero-order chi connectivity index (χ0) is 17.1. The number of aliphatic hydroxyl groups excluding tert-OH is 2. The molecular weight excluding hydrogens is 330 g/mol. The van der Waals surface area contributed by atoms with E-state index < -0.39 is 24.5 Å². The number of anilines is 1. The number of imidazole rings is 1. The molecule has 0 aliphatic carbocycles. The Kier molecular flexibility index (Phi) is 5.20. The van der Waals surface area contributed by atoms with Crippen LogP contribution in [-0.4, -0.2) is 59.5 Å². The van der Waals surface area contributed by atoms with Gasteiger partial charge in [0.25, 0.3) is 0 Å². The van der Waals surface area contributed by atoms with E-state index in [9.17, 15) is 10.2 Å². The molecule has 4 atom stereocenters.